The molecule has 72 heavy (non-hydrogen) atoms. The van der Waals surface area contributed by atoms with Crippen molar-refractivity contribution in [1.29, 1.82) is 0 Å². The average Bonchev–Trinajstić information content (AvgIpc) is 3.51. The van der Waals surface area contributed by atoms with Crippen LogP contribution >= 0.6 is 0 Å². The van der Waals surface area contributed by atoms with Gasteiger partial charge in [0.2, 0.25) is 0 Å². The summed E-state index contributed by atoms with van der Waals surface area (Å²) in [6, 6.07) is 46.6. The molecule has 3 aliphatic heterocycles. The molecule has 3 atom stereocenters. The van der Waals surface area contributed by atoms with Crippen LogP contribution in [-0.4, -0.2) is 12.3 Å². The Balaban J connectivity index is 1.27. The summed E-state index contributed by atoms with van der Waals surface area (Å²) in [6.07, 6.45) is 5.85. The second-order valence-corrected chi connectivity index (χ2v) is 29.1. The fourth-order valence-electron chi connectivity index (χ4n) is 14.3. The number of rotatable bonds is 3. The largest absolute Gasteiger partial charge is 0.334 e. The lowest BCUT2D eigenvalue weighted by Crippen LogP contribution is -2.62. The van der Waals surface area contributed by atoms with Gasteiger partial charge in [0.05, 0.1) is 5.54 Å². The number of para-hydroxylation sites is 1. The van der Waals surface area contributed by atoms with E-state index in [9.17, 15) is 0 Å². The quantitative estimate of drug-likeness (QED) is 0.163. The Hall–Kier alpha value is -5.22. The molecule has 3 heterocycles. The highest BCUT2D eigenvalue weighted by Gasteiger charge is 2.61. The third-order valence-corrected chi connectivity index (χ3v) is 19.4. The molecule has 0 spiro atoms. The zero-order valence-corrected chi connectivity index (χ0v) is 47.5. The molecular formula is C68H84BN3. The van der Waals surface area contributed by atoms with Crippen molar-refractivity contribution in [3.63, 3.8) is 0 Å². The molecule has 4 heteroatoms. The van der Waals surface area contributed by atoms with Gasteiger partial charge in [0.25, 0.3) is 6.71 Å². The van der Waals surface area contributed by atoms with Gasteiger partial charge < -0.3 is 14.7 Å². The Morgan fingerprint density at radius 2 is 0.944 bits per heavy atom. The Morgan fingerprint density at radius 1 is 0.444 bits per heavy atom. The van der Waals surface area contributed by atoms with Gasteiger partial charge in [0.1, 0.15) is 0 Å². The third kappa shape index (κ3) is 7.32. The van der Waals surface area contributed by atoms with E-state index in [2.05, 4.69) is 255 Å². The zero-order chi connectivity index (χ0) is 51.7. The minimum Gasteiger partial charge on any atom is -0.334 e. The van der Waals surface area contributed by atoms with Crippen molar-refractivity contribution in [1.82, 2.24) is 0 Å². The van der Waals surface area contributed by atoms with Crippen molar-refractivity contribution < 1.29 is 0 Å². The first kappa shape index (κ1) is 49.0. The number of nitrogens with zero attached hydrogens (tertiary/aromatic N) is 3. The molecule has 2 aliphatic carbocycles. The fraction of sp³-hybridized carbons (Fsp3) is 0.471. The molecule has 1 fully saturated rings. The van der Waals surface area contributed by atoms with Crippen LogP contribution in [0, 0.1) is 11.3 Å². The molecule has 3 nitrogen and oxygen atoms in total. The Kier molecular flexibility index (Phi) is 10.7. The Bertz CT molecular complexity index is 3150. The van der Waals surface area contributed by atoms with E-state index in [4.69, 9.17) is 0 Å². The Morgan fingerprint density at radius 3 is 1.51 bits per heavy atom. The van der Waals surface area contributed by atoms with Gasteiger partial charge in [0, 0.05) is 50.9 Å². The summed E-state index contributed by atoms with van der Waals surface area (Å²) in [5.41, 5.74) is 23.3. The molecule has 6 aromatic rings. The molecular weight excluding hydrogens is 870 g/mol. The van der Waals surface area contributed by atoms with Crippen LogP contribution in [0.2, 0.25) is 0 Å². The molecule has 374 valence electrons. The van der Waals surface area contributed by atoms with Crippen LogP contribution in [0.5, 0.6) is 0 Å². The van der Waals surface area contributed by atoms with Gasteiger partial charge in [-0.25, -0.2) is 0 Å². The Labute approximate surface area is 435 Å². The molecule has 6 aromatic carbocycles. The third-order valence-electron chi connectivity index (χ3n) is 19.4. The number of hydrogen-bond donors (Lipinski definition) is 0. The monoisotopic (exact) mass is 954 g/mol. The maximum atomic E-state index is 2.86. The molecule has 0 aromatic heterocycles. The van der Waals surface area contributed by atoms with Gasteiger partial charge in [-0.2, -0.15) is 0 Å². The van der Waals surface area contributed by atoms with E-state index in [0.717, 1.165) is 6.42 Å². The molecule has 0 N–H and O–H groups in total. The number of benzene rings is 6. The van der Waals surface area contributed by atoms with E-state index in [1.807, 2.05) is 0 Å². The standard InChI is InChI=1S/C68H84BN3/c1-61(2,3)43-24-28-48(29-25-43)70-56-31-27-45(63(7,8)9)37-53(56)69-54-40-50-51(66(15,16)35-34-65(50,13)14)41-57(54)71(47-22-20-19-21-23-47)59-39-49(38-58(70)60(59)69)72-55-30-26-44(62(4,5)6)36-52(55)67(17)42-46(64(10,11)12)32-33-68(67,72)18/h19-31,36-41,46H,32-35,42H2,1-18H3. The fourth-order valence-corrected chi connectivity index (χ4v) is 14.3. The van der Waals surface area contributed by atoms with E-state index in [1.54, 1.807) is 0 Å². The van der Waals surface area contributed by atoms with Crippen LogP contribution in [0.15, 0.2) is 115 Å². The van der Waals surface area contributed by atoms with Crippen molar-refractivity contribution in [3.05, 3.63) is 149 Å². The summed E-state index contributed by atoms with van der Waals surface area (Å²) in [4.78, 5) is 8.20. The molecule has 0 saturated heterocycles. The second kappa shape index (κ2) is 15.7. The van der Waals surface area contributed by atoms with Crippen LogP contribution in [0.1, 0.15) is 190 Å². The lowest BCUT2D eigenvalue weighted by Gasteiger charge is -2.55. The SMILES string of the molecule is CC(C)(C)c1ccc(N2c3ccc(C(C)(C)C)cc3B3c4cc5c(cc4N(c4ccccc4)c4cc(N6c7ccc(C(C)(C)C)cc7C7(C)CC(C(C)(C)C)CCC67C)cc2c43)C(C)(C)CCC5(C)C)cc1. The van der Waals surface area contributed by atoms with Gasteiger partial charge in [0.15, 0.2) is 0 Å². The highest BCUT2D eigenvalue weighted by Crippen LogP contribution is 2.64. The first-order chi connectivity index (χ1) is 33.4. The van der Waals surface area contributed by atoms with E-state index >= 15 is 0 Å². The maximum Gasteiger partial charge on any atom is 0.252 e. The topological polar surface area (TPSA) is 9.72 Å². The summed E-state index contributed by atoms with van der Waals surface area (Å²) in [5.74, 6) is 0.624. The summed E-state index contributed by atoms with van der Waals surface area (Å²) in [5, 5.41) is 0. The average molecular weight is 954 g/mol. The normalized spacial score (nSPS) is 22.9. The minimum atomic E-state index is -0.167. The van der Waals surface area contributed by atoms with Gasteiger partial charge in [-0.15, -0.1) is 0 Å². The summed E-state index contributed by atoms with van der Waals surface area (Å²) in [7, 11) is 0. The first-order valence-corrected chi connectivity index (χ1v) is 27.7. The second-order valence-electron chi connectivity index (χ2n) is 29.1. The molecule has 1 saturated carbocycles. The predicted octanol–water partition coefficient (Wildman–Crippen LogP) is 17.0. The van der Waals surface area contributed by atoms with Crippen molar-refractivity contribution >= 4 is 68.6 Å². The van der Waals surface area contributed by atoms with E-state index in [-0.39, 0.29) is 50.2 Å². The highest BCUT2D eigenvalue weighted by atomic mass is 15.3. The van der Waals surface area contributed by atoms with E-state index in [0.29, 0.717) is 5.92 Å². The molecule has 0 bridgehead atoms. The molecule has 0 amide bonds. The summed E-state index contributed by atoms with van der Waals surface area (Å²) < 4.78 is 0. The minimum absolute atomic E-state index is 0.0239. The van der Waals surface area contributed by atoms with Crippen LogP contribution in [0.4, 0.5) is 45.5 Å². The van der Waals surface area contributed by atoms with Crippen molar-refractivity contribution in [2.75, 3.05) is 14.7 Å². The lowest BCUT2D eigenvalue weighted by molar-refractivity contribution is 0.0786. The maximum absolute atomic E-state index is 2.86. The van der Waals surface area contributed by atoms with Crippen LogP contribution in [0.25, 0.3) is 0 Å². The molecule has 0 radical (unpaired) electrons. The smallest absolute Gasteiger partial charge is 0.252 e. The molecule has 3 unspecified atom stereocenters. The van der Waals surface area contributed by atoms with Crippen molar-refractivity contribution in [2.24, 2.45) is 11.3 Å². The predicted molar refractivity (Wildman–Crippen MR) is 313 cm³/mol. The molecule has 11 rings (SSSR count). The van der Waals surface area contributed by atoms with Crippen LogP contribution in [-0.2, 0) is 32.5 Å². The summed E-state index contributed by atoms with van der Waals surface area (Å²) in [6.45, 7) is 44.0. The van der Waals surface area contributed by atoms with Crippen LogP contribution in [0.3, 0.4) is 0 Å². The first-order valence-electron chi connectivity index (χ1n) is 27.7. The van der Waals surface area contributed by atoms with Crippen molar-refractivity contribution in [2.45, 2.75) is 195 Å². The van der Waals surface area contributed by atoms with Gasteiger partial charge >= 0.3 is 0 Å². The van der Waals surface area contributed by atoms with Gasteiger partial charge in [-0.1, -0.05) is 178 Å². The number of hydrogen-bond acceptors (Lipinski definition) is 3. The number of fused-ring (bicyclic) bond motifs is 8. The lowest BCUT2D eigenvalue weighted by atomic mass is 9.33. The summed E-state index contributed by atoms with van der Waals surface area (Å²) >= 11 is 0. The molecule has 5 aliphatic rings. The highest BCUT2D eigenvalue weighted by molar-refractivity contribution is 7.00. The van der Waals surface area contributed by atoms with Gasteiger partial charge in [-0.05, 0) is 182 Å². The zero-order valence-electron chi connectivity index (χ0n) is 47.5. The van der Waals surface area contributed by atoms with Crippen molar-refractivity contribution in [3.8, 4) is 0 Å². The van der Waals surface area contributed by atoms with E-state index < -0.39 is 0 Å². The van der Waals surface area contributed by atoms with Gasteiger partial charge in [-0.3, -0.25) is 0 Å². The number of anilines is 8. The van der Waals surface area contributed by atoms with E-state index in [1.165, 1.54) is 121 Å². The van der Waals surface area contributed by atoms with Crippen LogP contribution < -0.4 is 31.1 Å².